The zero-order valence-electron chi connectivity index (χ0n) is 10.4. The van der Waals surface area contributed by atoms with E-state index in [2.05, 4.69) is 24.9 Å². The van der Waals surface area contributed by atoms with Crippen molar-refractivity contribution < 1.29 is 4.74 Å². The number of nitriles is 1. The number of rotatable bonds is 6. The second kappa shape index (κ2) is 6.59. The van der Waals surface area contributed by atoms with Crippen molar-refractivity contribution in [1.82, 2.24) is 0 Å². The van der Waals surface area contributed by atoms with Crippen LogP contribution in [0.4, 0.5) is 5.69 Å². The number of hydrogen-bond acceptors (Lipinski definition) is 3. The number of ether oxygens (including phenoxy) is 1. The number of allylic oxidation sites excluding steroid dienone is 1. The summed E-state index contributed by atoms with van der Waals surface area (Å²) in [5.74, 6) is 0.703. The fraction of sp³-hybridized carbons (Fsp3) is 0.357. The molecule has 0 fully saturated rings. The van der Waals surface area contributed by atoms with E-state index in [0.29, 0.717) is 11.3 Å². The van der Waals surface area contributed by atoms with Gasteiger partial charge in [-0.25, -0.2) is 0 Å². The normalized spacial score (nSPS) is 11.4. The van der Waals surface area contributed by atoms with Gasteiger partial charge in [0.15, 0.2) is 0 Å². The van der Waals surface area contributed by atoms with E-state index in [4.69, 9.17) is 10.00 Å². The molecule has 0 aliphatic rings. The maximum Gasteiger partial charge on any atom is 0.143 e. The second-order valence-electron chi connectivity index (χ2n) is 3.91. The quantitative estimate of drug-likeness (QED) is 0.762. The monoisotopic (exact) mass is 230 g/mol. The highest BCUT2D eigenvalue weighted by molar-refractivity contribution is 5.66. The molecule has 0 amide bonds. The minimum absolute atomic E-state index is 0.274. The molecule has 0 saturated carbocycles. The molecule has 3 heteroatoms. The first-order valence-electron chi connectivity index (χ1n) is 5.67. The Labute approximate surface area is 103 Å². The Morgan fingerprint density at radius 1 is 1.59 bits per heavy atom. The van der Waals surface area contributed by atoms with Gasteiger partial charge in [0.25, 0.3) is 0 Å². The molecule has 0 bridgehead atoms. The Bertz CT molecular complexity index is 421. The van der Waals surface area contributed by atoms with E-state index in [1.165, 1.54) is 0 Å². The zero-order chi connectivity index (χ0) is 12.7. The average molecular weight is 230 g/mol. The molecule has 1 aromatic rings. The summed E-state index contributed by atoms with van der Waals surface area (Å²) in [5, 5.41) is 12.4. The highest BCUT2D eigenvalue weighted by atomic mass is 16.5. The number of benzene rings is 1. The van der Waals surface area contributed by atoms with Gasteiger partial charge in [0.2, 0.25) is 0 Å². The van der Waals surface area contributed by atoms with Crippen LogP contribution in [0.15, 0.2) is 30.9 Å². The van der Waals surface area contributed by atoms with Crippen LogP contribution < -0.4 is 10.1 Å². The smallest absolute Gasteiger partial charge is 0.143 e. The first-order chi connectivity index (χ1) is 8.22. The summed E-state index contributed by atoms with van der Waals surface area (Å²) in [6, 6.07) is 7.89. The topological polar surface area (TPSA) is 45.0 Å². The molecule has 90 valence electrons. The summed E-state index contributed by atoms with van der Waals surface area (Å²) >= 11 is 0. The van der Waals surface area contributed by atoms with Crippen molar-refractivity contribution in [1.29, 1.82) is 5.26 Å². The van der Waals surface area contributed by atoms with Crippen LogP contribution in [0.3, 0.4) is 0 Å². The third kappa shape index (κ3) is 3.53. The van der Waals surface area contributed by atoms with E-state index in [0.717, 1.165) is 18.5 Å². The molecule has 1 rings (SSSR count). The van der Waals surface area contributed by atoms with Crippen LogP contribution in [0.5, 0.6) is 5.75 Å². The molecule has 0 saturated heterocycles. The molecule has 17 heavy (non-hydrogen) atoms. The minimum atomic E-state index is 0.274. The minimum Gasteiger partial charge on any atom is -0.495 e. The standard InChI is InChI=1S/C14H18N2O/c1-4-5-7-11(2)16-14-12(10-15)8-6-9-13(14)17-3/h4,6,8-9,11,16H,1,5,7H2,2-3H3. The van der Waals surface area contributed by atoms with Gasteiger partial charge in [0.05, 0.1) is 18.4 Å². The predicted molar refractivity (Wildman–Crippen MR) is 70.2 cm³/mol. The first-order valence-corrected chi connectivity index (χ1v) is 5.67. The number of para-hydroxylation sites is 1. The molecular formula is C14H18N2O. The summed E-state index contributed by atoms with van der Waals surface area (Å²) in [6.45, 7) is 5.78. The van der Waals surface area contributed by atoms with Crippen molar-refractivity contribution >= 4 is 5.69 Å². The van der Waals surface area contributed by atoms with Crippen molar-refractivity contribution in [2.75, 3.05) is 12.4 Å². The summed E-state index contributed by atoms with van der Waals surface area (Å²) in [5.41, 5.74) is 1.38. The van der Waals surface area contributed by atoms with Crippen LogP contribution >= 0.6 is 0 Å². The number of nitrogens with one attached hydrogen (secondary N) is 1. The van der Waals surface area contributed by atoms with Crippen LogP contribution in [0.25, 0.3) is 0 Å². The lowest BCUT2D eigenvalue weighted by molar-refractivity contribution is 0.416. The van der Waals surface area contributed by atoms with Crippen LogP contribution in [0.1, 0.15) is 25.3 Å². The molecule has 0 radical (unpaired) electrons. The lowest BCUT2D eigenvalue weighted by Gasteiger charge is -2.18. The maximum absolute atomic E-state index is 9.07. The molecule has 1 aromatic carbocycles. The fourth-order valence-electron chi connectivity index (χ4n) is 1.63. The van der Waals surface area contributed by atoms with Crippen molar-refractivity contribution in [3.63, 3.8) is 0 Å². The largest absolute Gasteiger partial charge is 0.495 e. The molecular weight excluding hydrogens is 212 g/mol. The summed E-state index contributed by atoms with van der Waals surface area (Å²) in [7, 11) is 1.61. The lowest BCUT2D eigenvalue weighted by atomic mass is 10.1. The van der Waals surface area contributed by atoms with Gasteiger partial charge in [0, 0.05) is 6.04 Å². The number of methoxy groups -OCH3 is 1. The predicted octanol–water partition coefficient (Wildman–Crippen LogP) is 3.33. The number of hydrogen-bond donors (Lipinski definition) is 1. The molecule has 1 unspecified atom stereocenters. The van der Waals surface area contributed by atoms with E-state index in [9.17, 15) is 0 Å². The van der Waals surface area contributed by atoms with Gasteiger partial charge in [-0.15, -0.1) is 6.58 Å². The van der Waals surface area contributed by atoms with E-state index >= 15 is 0 Å². The molecule has 0 aliphatic carbocycles. The van der Waals surface area contributed by atoms with Crippen molar-refractivity contribution in [2.24, 2.45) is 0 Å². The van der Waals surface area contributed by atoms with Gasteiger partial charge in [-0.2, -0.15) is 5.26 Å². The van der Waals surface area contributed by atoms with Crippen LogP contribution in [-0.2, 0) is 0 Å². The molecule has 3 nitrogen and oxygen atoms in total. The summed E-state index contributed by atoms with van der Waals surface area (Å²) in [6.07, 6.45) is 3.82. The van der Waals surface area contributed by atoms with Crippen molar-refractivity contribution in [2.45, 2.75) is 25.8 Å². The third-order valence-corrected chi connectivity index (χ3v) is 2.56. The number of nitrogens with zero attached hydrogens (tertiary/aromatic N) is 1. The Balaban J connectivity index is 2.88. The van der Waals surface area contributed by atoms with Gasteiger partial charge in [-0.3, -0.25) is 0 Å². The Morgan fingerprint density at radius 3 is 2.94 bits per heavy atom. The van der Waals surface area contributed by atoms with Crippen LogP contribution in [0.2, 0.25) is 0 Å². The van der Waals surface area contributed by atoms with E-state index in [-0.39, 0.29) is 6.04 Å². The van der Waals surface area contributed by atoms with Gasteiger partial charge in [0.1, 0.15) is 11.8 Å². The van der Waals surface area contributed by atoms with E-state index < -0.39 is 0 Å². The summed E-state index contributed by atoms with van der Waals surface area (Å²) in [4.78, 5) is 0. The highest BCUT2D eigenvalue weighted by Gasteiger charge is 2.10. The van der Waals surface area contributed by atoms with Gasteiger partial charge < -0.3 is 10.1 Å². The second-order valence-corrected chi connectivity index (χ2v) is 3.91. The third-order valence-electron chi connectivity index (χ3n) is 2.56. The lowest BCUT2D eigenvalue weighted by Crippen LogP contribution is -2.16. The molecule has 0 aromatic heterocycles. The maximum atomic E-state index is 9.07. The van der Waals surface area contributed by atoms with Crippen molar-refractivity contribution in [3.8, 4) is 11.8 Å². The SMILES string of the molecule is C=CCCC(C)Nc1c(C#N)cccc1OC. The molecule has 0 spiro atoms. The molecule has 1 atom stereocenters. The Kier molecular flexibility index (Phi) is 5.09. The zero-order valence-corrected chi connectivity index (χ0v) is 10.4. The first kappa shape index (κ1) is 13.1. The summed E-state index contributed by atoms with van der Waals surface area (Å²) < 4.78 is 5.26. The molecule has 1 N–H and O–H groups in total. The van der Waals surface area contributed by atoms with Crippen LogP contribution in [-0.4, -0.2) is 13.2 Å². The van der Waals surface area contributed by atoms with Gasteiger partial charge >= 0.3 is 0 Å². The Hall–Kier alpha value is -1.95. The highest BCUT2D eigenvalue weighted by Crippen LogP contribution is 2.28. The molecule has 0 heterocycles. The van der Waals surface area contributed by atoms with E-state index in [1.807, 2.05) is 18.2 Å². The van der Waals surface area contributed by atoms with Gasteiger partial charge in [-0.1, -0.05) is 12.1 Å². The van der Waals surface area contributed by atoms with Gasteiger partial charge in [-0.05, 0) is 31.9 Å². The Morgan fingerprint density at radius 2 is 2.35 bits per heavy atom. The number of anilines is 1. The molecule has 0 aliphatic heterocycles. The average Bonchev–Trinajstić information content (AvgIpc) is 2.36. The van der Waals surface area contributed by atoms with E-state index in [1.54, 1.807) is 13.2 Å². The fourth-order valence-corrected chi connectivity index (χ4v) is 1.63. The van der Waals surface area contributed by atoms with Crippen LogP contribution in [0, 0.1) is 11.3 Å². The van der Waals surface area contributed by atoms with Crippen molar-refractivity contribution in [3.05, 3.63) is 36.4 Å².